The number of carbonyl (C=O) groups excluding carboxylic acids is 1. The Hall–Kier alpha value is -2.33. The van der Waals surface area contributed by atoms with Crippen LogP contribution in [0.4, 0.5) is 13.2 Å². The van der Waals surface area contributed by atoms with E-state index in [4.69, 9.17) is 4.42 Å². The fraction of sp³-hybridized carbons (Fsp3) is 0.312. The first-order valence-electron chi connectivity index (χ1n) is 7.71. The molecule has 1 aliphatic heterocycles. The van der Waals surface area contributed by atoms with Gasteiger partial charge in [0.1, 0.15) is 10.7 Å². The molecule has 6 nitrogen and oxygen atoms in total. The number of rotatable bonds is 3. The highest BCUT2D eigenvalue weighted by Gasteiger charge is 2.34. The van der Waals surface area contributed by atoms with Crippen LogP contribution in [0.2, 0.25) is 0 Å². The molecule has 0 atom stereocenters. The second-order valence-electron chi connectivity index (χ2n) is 5.78. The monoisotopic (exact) mass is 388 g/mol. The number of hydrogen-bond donors (Lipinski definition) is 0. The van der Waals surface area contributed by atoms with Crippen molar-refractivity contribution in [2.45, 2.75) is 11.8 Å². The molecule has 1 aliphatic rings. The molecule has 26 heavy (non-hydrogen) atoms. The van der Waals surface area contributed by atoms with E-state index in [-0.39, 0.29) is 37.8 Å². The van der Waals surface area contributed by atoms with Crippen molar-refractivity contribution in [2.75, 3.05) is 26.2 Å². The van der Waals surface area contributed by atoms with E-state index in [9.17, 15) is 26.4 Å². The molecule has 0 radical (unpaired) electrons. The van der Waals surface area contributed by atoms with Gasteiger partial charge < -0.3 is 9.32 Å². The molecule has 10 heteroatoms. The van der Waals surface area contributed by atoms with Crippen LogP contribution in [0.3, 0.4) is 0 Å². The van der Waals surface area contributed by atoms with Crippen molar-refractivity contribution in [3.8, 4) is 0 Å². The number of piperazine rings is 1. The summed E-state index contributed by atoms with van der Waals surface area (Å²) >= 11 is 0. The smallest absolute Gasteiger partial charge is 0.289 e. The van der Waals surface area contributed by atoms with Crippen molar-refractivity contribution < 1.29 is 30.8 Å². The molecule has 1 saturated heterocycles. The highest BCUT2D eigenvalue weighted by Crippen LogP contribution is 2.24. The maximum Gasteiger partial charge on any atom is 0.289 e. The third kappa shape index (κ3) is 3.21. The molecular formula is C16H15F3N2O4S. The third-order valence-electron chi connectivity index (χ3n) is 4.09. The molecule has 2 heterocycles. The molecule has 0 spiro atoms. The van der Waals surface area contributed by atoms with E-state index in [1.807, 2.05) is 0 Å². The van der Waals surface area contributed by atoms with Gasteiger partial charge in [0.15, 0.2) is 23.2 Å². The average Bonchev–Trinajstić information content (AvgIpc) is 3.05. The van der Waals surface area contributed by atoms with Gasteiger partial charge in [0.05, 0.1) is 0 Å². The highest BCUT2D eigenvalue weighted by molar-refractivity contribution is 7.89. The minimum absolute atomic E-state index is 0.0586. The number of carbonyl (C=O) groups is 1. The molecular weight excluding hydrogens is 373 g/mol. The van der Waals surface area contributed by atoms with Gasteiger partial charge in [0.25, 0.3) is 5.91 Å². The Morgan fingerprint density at radius 2 is 1.65 bits per heavy atom. The van der Waals surface area contributed by atoms with Crippen LogP contribution in [0.15, 0.2) is 33.6 Å². The molecule has 0 N–H and O–H groups in total. The van der Waals surface area contributed by atoms with Crippen LogP contribution >= 0.6 is 0 Å². The highest BCUT2D eigenvalue weighted by atomic mass is 32.2. The van der Waals surface area contributed by atoms with E-state index in [2.05, 4.69) is 0 Å². The number of sulfonamides is 1. The SMILES string of the molecule is Cc1ccc(C(=O)N2CCN(S(=O)(=O)c3ccc(F)c(F)c3F)CC2)o1. The van der Waals surface area contributed by atoms with Crippen LogP contribution in [0.5, 0.6) is 0 Å². The van der Waals surface area contributed by atoms with Gasteiger partial charge in [-0.25, -0.2) is 21.6 Å². The van der Waals surface area contributed by atoms with E-state index in [0.29, 0.717) is 17.9 Å². The van der Waals surface area contributed by atoms with E-state index < -0.39 is 32.4 Å². The van der Waals surface area contributed by atoms with Crippen molar-refractivity contribution in [3.63, 3.8) is 0 Å². The van der Waals surface area contributed by atoms with Gasteiger partial charge in [-0.2, -0.15) is 4.31 Å². The molecule has 0 bridgehead atoms. The number of nitrogens with zero attached hydrogens (tertiary/aromatic N) is 2. The van der Waals surface area contributed by atoms with Crippen molar-refractivity contribution in [3.05, 3.63) is 53.2 Å². The normalized spacial score (nSPS) is 16.1. The van der Waals surface area contributed by atoms with Crippen LogP contribution in [-0.4, -0.2) is 49.7 Å². The maximum atomic E-state index is 13.8. The molecule has 2 aromatic rings. The molecule has 0 aliphatic carbocycles. The van der Waals surface area contributed by atoms with Gasteiger partial charge in [0, 0.05) is 26.2 Å². The number of halogens is 3. The molecule has 1 amide bonds. The lowest BCUT2D eigenvalue weighted by Crippen LogP contribution is -2.50. The summed E-state index contributed by atoms with van der Waals surface area (Å²) in [5.74, 6) is -4.73. The first-order valence-corrected chi connectivity index (χ1v) is 9.15. The van der Waals surface area contributed by atoms with Gasteiger partial charge in [-0.05, 0) is 31.2 Å². The summed E-state index contributed by atoms with van der Waals surface area (Å²) < 4.78 is 71.4. The number of aryl methyl sites for hydroxylation is 1. The van der Waals surface area contributed by atoms with Crippen LogP contribution < -0.4 is 0 Å². The van der Waals surface area contributed by atoms with Crippen LogP contribution in [-0.2, 0) is 10.0 Å². The average molecular weight is 388 g/mol. The fourth-order valence-corrected chi connectivity index (χ4v) is 4.16. The molecule has 1 fully saturated rings. The lowest BCUT2D eigenvalue weighted by Gasteiger charge is -2.33. The molecule has 140 valence electrons. The Kier molecular flexibility index (Phi) is 4.80. The van der Waals surface area contributed by atoms with Crippen molar-refractivity contribution in [2.24, 2.45) is 0 Å². The van der Waals surface area contributed by atoms with E-state index in [1.165, 1.54) is 11.0 Å². The van der Waals surface area contributed by atoms with Gasteiger partial charge >= 0.3 is 0 Å². The van der Waals surface area contributed by atoms with Crippen molar-refractivity contribution in [1.29, 1.82) is 0 Å². The van der Waals surface area contributed by atoms with Gasteiger partial charge in [-0.3, -0.25) is 4.79 Å². The summed E-state index contributed by atoms with van der Waals surface area (Å²) in [6.45, 7) is 1.60. The summed E-state index contributed by atoms with van der Waals surface area (Å²) in [6, 6.07) is 4.41. The summed E-state index contributed by atoms with van der Waals surface area (Å²) in [5.41, 5.74) is 0. The first-order chi connectivity index (χ1) is 12.2. The summed E-state index contributed by atoms with van der Waals surface area (Å²) in [4.78, 5) is 12.8. The van der Waals surface area contributed by atoms with Gasteiger partial charge in [0.2, 0.25) is 10.0 Å². The van der Waals surface area contributed by atoms with Crippen LogP contribution in [0.25, 0.3) is 0 Å². The minimum atomic E-state index is -4.35. The van der Waals surface area contributed by atoms with Crippen molar-refractivity contribution >= 4 is 15.9 Å². The molecule has 3 rings (SSSR count). The Labute approximate surface area is 147 Å². The molecule has 0 saturated carbocycles. The summed E-state index contributed by atoms with van der Waals surface area (Å²) in [6.07, 6.45) is 0. The third-order valence-corrected chi connectivity index (χ3v) is 6.01. The van der Waals surface area contributed by atoms with E-state index in [0.717, 1.165) is 4.31 Å². The lowest BCUT2D eigenvalue weighted by molar-refractivity contribution is 0.0664. The number of hydrogen-bond acceptors (Lipinski definition) is 4. The first kappa shape index (κ1) is 18.5. The number of furan rings is 1. The minimum Gasteiger partial charge on any atom is -0.456 e. The maximum absolute atomic E-state index is 13.8. The zero-order chi connectivity index (χ0) is 19.1. The van der Waals surface area contributed by atoms with Gasteiger partial charge in [-0.1, -0.05) is 0 Å². The summed E-state index contributed by atoms with van der Waals surface area (Å²) in [5, 5.41) is 0. The number of amides is 1. The van der Waals surface area contributed by atoms with Gasteiger partial charge in [-0.15, -0.1) is 0 Å². The van der Waals surface area contributed by atoms with E-state index in [1.54, 1.807) is 13.0 Å². The number of benzene rings is 1. The second-order valence-corrected chi connectivity index (χ2v) is 7.69. The predicted octanol–water partition coefficient (Wildman–Crippen LogP) is 2.15. The summed E-state index contributed by atoms with van der Waals surface area (Å²) in [7, 11) is -4.35. The second kappa shape index (κ2) is 6.76. The Morgan fingerprint density at radius 1 is 1.00 bits per heavy atom. The standard InChI is InChI=1S/C16H15F3N2O4S/c1-10-2-4-12(25-10)16(22)20-6-8-21(9-7-20)26(23,24)13-5-3-11(17)14(18)15(13)19/h2-5H,6-9H2,1H3. The topological polar surface area (TPSA) is 70.8 Å². The van der Waals surface area contributed by atoms with E-state index >= 15 is 0 Å². The Bertz CT molecular complexity index is 950. The largest absolute Gasteiger partial charge is 0.456 e. The fourth-order valence-electron chi connectivity index (χ4n) is 2.68. The van der Waals surface area contributed by atoms with Crippen LogP contribution in [0, 0.1) is 24.4 Å². The van der Waals surface area contributed by atoms with Crippen LogP contribution in [0.1, 0.15) is 16.3 Å². The zero-order valence-electron chi connectivity index (χ0n) is 13.7. The lowest BCUT2D eigenvalue weighted by atomic mass is 10.3. The molecule has 1 aromatic carbocycles. The molecule has 0 unspecified atom stereocenters. The zero-order valence-corrected chi connectivity index (χ0v) is 14.5. The predicted molar refractivity (Wildman–Crippen MR) is 84.4 cm³/mol. The quantitative estimate of drug-likeness (QED) is 0.756. The Balaban J connectivity index is 1.75. The molecule has 1 aromatic heterocycles. The Morgan fingerprint density at radius 3 is 2.23 bits per heavy atom. The van der Waals surface area contributed by atoms with Crippen molar-refractivity contribution in [1.82, 2.24) is 9.21 Å².